The van der Waals surface area contributed by atoms with Gasteiger partial charge in [0.2, 0.25) is 0 Å². The summed E-state index contributed by atoms with van der Waals surface area (Å²) in [5, 5.41) is 15.4. The summed E-state index contributed by atoms with van der Waals surface area (Å²) < 4.78 is 0. The van der Waals surface area contributed by atoms with Gasteiger partial charge in [-0.25, -0.2) is 0 Å². The number of carbonyl (C=O) groups is 2. The van der Waals surface area contributed by atoms with Crippen LogP contribution in [-0.2, 0) is 9.59 Å². The van der Waals surface area contributed by atoms with E-state index >= 15 is 0 Å². The summed E-state index contributed by atoms with van der Waals surface area (Å²) in [4.78, 5) is 18.9. The van der Waals surface area contributed by atoms with Crippen molar-refractivity contribution >= 4 is 11.9 Å². The van der Waals surface area contributed by atoms with Crippen LogP contribution < -0.4 is 29.6 Å². The Labute approximate surface area is 131 Å². The van der Waals surface area contributed by atoms with Crippen molar-refractivity contribution < 1.29 is 49.4 Å². The van der Waals surface area contributed by atoms with Crippen molar-refractivity contribution in [1.82, 2.24) is 0 Å². The maximum Gasteiger partial charge on any atom is 1.00 e. The maximum atomic E-state index is 9.43. The van der Waals surface area contributed by atoms with Crippen LogP contribution in [-0.4, -0.2) is 22.2 Å². The fourth-order valence-electron chi connectivity index (χ4n) is 1.86. The summed E-state index contributed by atoms with van der Waals surface area (Å²) in [6.07, 6.45) is 7.35. The van der Waals surface area contributed by atoms with E-state index in [2.05, 4.69) is 27.2 Å². The van der Waals surface area contributed by atoms with Crippen LogP contribution in [0.4, 0.5) is 0 Å². The van der Waals surface area contributed by atoms with Crippen molar-refractivity contribution in [3.05, 3.63) is 6.42 Å². The smallest absolute Gasteiger partial charge is 0.481 e. The summed E-state index contributed by atoms with van der Waals surface area (Å²) in [5.74, 6) is -1.75. The minimum atomic E-state index is -1.31. The van der Waals surface area contributed by atoms with Crippen LogP contribution in [0, 0.1) is 17.8 Å². The predicted octanol–water partition coefficient (Wildman–Crippen LogP) is -0.0233. The zero-order valence-corrected chi connectivity index (χ0v) is 13.9. The second-order valence-corrected chi connectivity index (χ2v) is 5.46. The molecule has 0 spiro atoms. The molecule has 18 heavy (non-hydrogen) atoms. The number of aliphatic carboxylic acids is 2. The van der Waals surface area contributed by atoms with E-state index in [1.54, 1.807) is 0 Å². The van der Waals surface area contributed by atoms with E-state index in [0.29, 0.717) is 5.41 Å². The number of rotatable bonds is 2. The van der Waals surface area contributed by atoms with Gasteiger partial charge in [-0.2, -0.15) is 12.3 Å². The summed E-state index contributed by atoms with van der Waals surface area (Å²) in [6.45, 7) is 7.04. The van der Waals surface area contributed by atoms with E-state index in [-0.39, 0.29) is 29.6 Å². The first-order valence-corrected chi connectivity index (χ1v) is 6.00. The van der Waals surface area contributed by atoms with Gasteiger partial charge in [0.25, 0.3) is 0 Å². The molecule has 1 aliphatic carbocycles. The third-order valence-electron chi connectivity index (χ3n) is 2.84. The van der Waals surface area contributed by atoms with Crippen LogP contribution in [0.3, 0.4) is 0 Å². The largest absolute Gasteiger partial charge is 1.00 e. The van der Waals surface area contributed by atoms with Gasteiger partial charge >= 0.3 is 41.5 Å². The fraction of sp³-hybridized carbons (Fsp3) is 0.769. The minimum Gasteiger partial charge on any atom is -0.481 e. The quantitative estimate of drug-likeness (QED) is 0.418. The molecule has 0 saturated heterocycles. The van der Waals surface area contributed by atoms with E-state index in [9.17, 15) is 9.59 Å². The van der Waals surface area contributed by atoms with Crippen molar-refractivity contribution in [3.8, 4) is 0 Å². The zero-order valence-electron chi connectivity index (χ0n) is 11.9. The van der Waals surface area contributed by atoms with Crippen LogP contribution in [0.1, 0.15) is 52.9 Å². The molecule has 100 valence electrons. The molecule has 1 fully saturated rings. The van der Waals surface area contributed by atoms with Gasteiger partial charge in [-0.3, -0.25) is 9.59 Å². The third kappa shape index (κ3) is 11.1. The van der Waals surface area contributed by atoms with Crippen molar-refractivity contribution in [2.24, 2.45) is 11.3 Å². The number of carboxylic acid groups (broad SMARTS) is 2. The van der Waals surface area contributed by atoms with E-state index in [1.807, 2.05) is 0 Å². The second kappa shape index (κ2) is 9.82. The van der Waals surface area contributed by atoms with E-state index in [4.69, 9.17) is 10.2 Å². The molecule has 0 aromatic rings. The monoisotopic (exact) mass is 266 g/mol. The molecule has 1 atom stereocenters. The molecule has 1 aliphatic rings. The van der Waals surface area contributed by atoms with Crippen molar-refractivity contribution in [3.63, 3.8) is 0 Å². The van der Waals surface area contributed by atoms with Gasteiger partial charge in [0.15, 0.2) is 0 Å². The van der Waals surface area contributed by atoms with Crippen molar-refractivity contribution in [1.29, 1.82) is 0 Å². The van der Waals surface area contributed by atoms with Gasteiger partial charge in [0.05, 0.1) is 0 Å². The first-order valence-electron chi connectivity index (χ1n) is 6.00. The molecule has 5 heteroatoms. The van der Waals surface area contributed by atoms with E-state index in [0.717, 1.165) is 5.92 Å². The van der Waals surface area contributed by atoms with Crippen LogP contribution >= 0.6 is 0 Å². The Kier molecular flexibility index (Phi) is 11.0. The summed E-state index contributed by atoms with van der Waals surface area (Å²) in [7, 11) is 0. The molecular weight excluding hydrogens is 243 g/mol. The fourth-order valence-corrected chi connectivity index (χ4v) is 1.86. The Morgan fingerprint density at radius 3 is 1.83 bits per heavy atom. The number of hydrogen-bond acceptors (Lipinski definition) is 2. The van der Waals surface area contributed by atoms with Gasteiger partial charge < -0.3 is 16.6 Å². The molecular formula is C13H23NaO4. The molecule has 4 nitrogen and oxygen atoms in total. The first kappa shape index (κ1) is 20.3. The van der Waals surface area contributed by atoms with Gasteiger partial charge in [-0.05, 0) is 0 Å². The minimum absolute atomic E-state index is 0. The summed E-state index contributed by atoms with van der Waals surface area (Å²) >= 11 is 0. The van der Waals surface area contributed by atoms with Crippen LogP contribution in [0.25, 0.3) is 0 Å². The Morgan fingerprint density at radius 1 is 1.17 bits per heavy atom. The topological polar surface area (TPSA) is 74.6 Å². The van der Waals surface area contributed by atoms with Crippen molar-refractivity contribution in [2.45, 2.75) is 52.9 Å². The van der Waals surface area contributed by atoms with Gasteiger partial charge in [0, 0.05) is 0 Å². The molecule has 1 rings (SSSR count). The third-order valence-corrected chi connectivity index (χ3v) is 2.84. The Balaban J connectivity index is 0. The molecule has 2 N–H and O–H groups in total. The summed E-state index contributed by atoms with van der Waals surface area (Å²) in [5.41, 5.74) is 0.514. The molecule has 0 amide bonds. The Morgan fingerprint density at radius 2 is 1.67 bits per heavy atom. The average Bonchev–Trinajstić information content (AvgIpc) is 2.16. The van der Waals surface area contributed by atoms with E-state index in [1.165, 1.54) is 25.7 Å². The van der Waals surface area contributed by atoms with Gasteiger partial charge in [-0.1, -0.05) is 45.4 Å². The molecule has 0 aromatic heterocycles. The predicted molar refractivity (Wildman–Crippen MR) is 65.6 cm³/mol. The molecule has 0 radical (unpaired) electrons. The van der Waals surface area contributed by atoms with Gasteiger partial charge in [0.1, 0.15) is 6.42 Å². The first-order chi connectivity index (χ1) is 7.73. The maximum absolute atomic E-state index is 9.43. The zero-order chi connectivity index (χ0) is 13.5. The molecule has 0 aromatic carbocycles. The van der Waals surface area contributed by atoms with Crippen LogP contribution in [0.2, 0.25) is 0 Å². The standard InChI is InChI=1S/C10H19.C3H4O4.Na/c1-10(2,3)9-7-5-4-6-8-9;4-2(5)1-3(6)7;/h7,9H,4-6,8H2,1-3H3;1H2,(H,4,5)(H,6,7);/q-1;;+1. The average molecular weight is 266 g/mol. The van der Waals surface area contributed by atoms with Crippen LogP contribution in [0.15, 0.2) is 0 Å². The van der Waals surface area contributed by atoms with Crippen molar-refractivity contribution in [2.75, 3.05) is 0 Å². The van der Waals surface area contributed by atoms with E-state index < -0.39 is 18.4 Å². The summed E-state index contributed by atoms with van der Waals surface area (Å²) in [6, 6.07) is 0. The normalized spacial score (nSPS) is 18.9. The van der Waals surface area contributed by atoms with Crippen LogP contribution in [0.5, 0.6) is 0 Å². The second-order valence-electron chi connectivity index (χ2n) is 5.46. The Hall–Kier alpha value is -0.0600. The molecule has 0 bridgehead atoms. The van der Waals surface area contributed by atoms with Gasteiger partial charge in [-0.15, -0.1) is 0 Å². The molecule has 0 aliphatic heterocycles. The molecule has 1 unspecified atom stereocenters. The Bertz CT molecular complexity index is 240. The number of carboxylic acids is 2. The number of hydrogen-bond donors (Lipinski definition) is 2. The SMILES string of the molecule is CC(C)(C)C1[CH-]CCCC1.O=C(O)CC(=O)O.[Na+]. The molecule has 0 heterocycles. The molecule has 1 saturated carbocycles.